The Hall–Kier alpha value is -2.16. The zero-order chi connectivity index (χ0) is 16.0. The summed E-state index contributed by atoms with van der Waals surface area (Å²) < 4.78 is 0. The van der Waals surface area contributed by atoms with Crippen molar-refractivity contribution >= 4 is 29.3 Å². The summed E-state index contributed by atoms with van der Waals surface area (Å²) in [6.45, 7) is 2.14. The Kier molecular flexibility index (Phi) is 6.10. The van der Waals surface area contributed by atoms with Gasteiger partial charge in [-0.1, -0.05) is 0 Å². The van der Waals surface area contributed by atoms with Crippen molar-refractivity contribution in [1.82, 2.24) is 15.2 Å². The van der Waals surface area contributed by atoms with Crippen molar-refractivity contribution in [3.63, 3.8) is 0 Å². The van der Waals surface area contributed by atoms with E-state index in [1.807, 2.05) is 6.92 Å². The fraction of sp³-hybridized carbons (Fsp3) is 0.500. The maximum absolute atomic E-state index is 11.9. The first kappa shape index (κ1) is 16.9. The highest BCUT2D eigenvalue weighted by Gasteiger charge is 2.23. The molecule has 116 valence electrons. The molecule has 3 N–H and O–H groups in total. The van der Waals surface area contributed by atoms with Gasteiger partial charge in [-0.15, -0.1) is 11.3 Å². The van der Waals surface area contributed by atoms with Gasteiger partial charge in [-0.25, -0.2) is 14.6 Å². The standard InChI is InChI=1S/C12H17N3O5S/c1-7-9(21-6-13-7)5-15(2)12(20)14-8(11(18)19)3-4-10(16)17/h6,8H,3-5H2,1-2H3,(H,14,20)(H,16,17)(H,18,19)/t8-/m0/s1. The van der Waals surface area contributed by atoms with E-state index in [4.69, 9.17) is 10.2 Å². The minimum absolute atomic E-state index is 0.163. The summed E-state index contributed by atoms with van der Waals surface area (Å²) in [4.78, 5) is 39.7. The van der Waals surface area contributed by atoms with Crippen LogP contribution in [-0.2, 0) is 16.1 Å². The third-order valence-corrected chi connectivity index (χ3v) is 3.73. The summed E-state index contributed by atoms with van der Waals surface area (Å²) in [5, 5.41) is 19.9. The Balaban J connectivity index is 2.58. The second-order valence-electron chi connectivity index (χ2n) is 4.49. The SMILES string of the molecule is Cc1ncsc1CN(C)C(=O)N[C@@H](CCC(=O)O)C(=O)O. The van der Waals surface area contributed by atoms with Crippen LogP contribution in [0.2, 0.25) is 0 Å². The molecule has 0 spiro atoms. The number of carboxylic acid groups (broad SMARTS) is 2. The fourth-order valence-corrected chi connectivity index (χ4v) is 2.38. The molecule has 0 aliphatic rings. The number of aromatic nitrogens is 1. The van der Waals surface area contributed by atoms with E-state index in [1.165, 1.54) is 23.3 Å². The van der Waals surface area contributed by atoms with E-state index >= 15 is 0 Å². The molecule has 21 heavy (non-hydrogen) atoms. The number of urea groups is 1. The van der Waals surface area contributed by atoms with Crippen LogP contribution in [0.25, 0.3) is 0 Å². The van der Waals surface area contributed by atoms with Crippen LogP contribution in [0.15, 0.2) is 5.51 Å². The fourth-order valence-electron chi connectivity index (χ4n) is 1.55. The highest BCUT2D eigenvalue weighted by atomic mass is 32.1. The molecular weight excluding hydrogens is 298 g/mol. The molecule has 1 aromatic rings. The molecule has 8 nitrogen and oxygen atoms in total. The Morgan fingerprint density at radius 3 is 2.57 bits per heavy atom. The molecule has 0 aliphatic heterocycles. The van der Waals surface area contributed by atoms with Crippen molar-refractivity contribution in [3.05, 3.63) is 16.1 Å². The van der Waals surface area contributed by atoms with Crippen LogP contribution >= 0.6 is 11.3 Å². The van der Waals surface area contributed by atoms with Crippen molar-refractivity contribution in [2.24, 2.45) is 0 Å². The zero-order valence-corrected chi connectivity index (χ0v) is 12.5. The van der Waals surface area contributed by atoms with Crippen molar-refractivity contribution in [2.45, 2.75) is 32.4 Å². The van der Waals surface area contributed by atoms with Crippen LogP contribution in [-0.4, -0.2) is 51.2 Å². The zero-order valence-electron chi connectivity index (χ0n) is 11.7. The molecule has 1 atom stereocenters. The van der Waals surface area contributed by atoms with Crippen LogP contribution in [0.3, 0.4) is 0 Å². The molecule has 0 radical (unpaired) electrons. The Morgan fingerprint density at radius 2 is 2.10 bits per heavy atom. The lowest BCUT2D eigenvalue weighted by Crippen LogP contribution is -2.46. The number of carboxylic acids is 2. The van der Waals surface area contributed by atoms with E-state index in [-0.39, 0.29) is 12.8 Å². The highest BCUT2D eigenvalue weighted by Crippen LogP contribution is 2.14. The van der Waals surface area contributed by atoms with Gasteiger partial charge in [-0.2, -0.15) is 0 Å². The van der Waals surface area contributed by atoms with Crippen LogP contribution in [0, 0.1) is 6.92 Å². The summed E-state index contributed by atoms with van der Waals surface area (Å²) in [6.07, 6.45) is -0.487. The largest absolute Gasteiger partial charge is 0.481 e. The van der Waals surface area contributed by atoms with Crippen molar-refractivity contribution in [1.29, 1.82) is 0 Å². The number of aliphatic carboxylic acids is 2. The second kappa shape index (κ2) is 7.58. The maximum Gasteiger partial charge on any atom is 0.326 e. The van der Waals surface area contributed by atoms with E-state index in [0.29, 0.717) is 6.54 Å². The van der Waals surface area contributed by atoms with Gasteiger partial charge in [0.05, 0.1) is 17.7 Å². The lowest BCUT2D eigenvalue weighted by Gasteiger charge is -2.20. The number of aryl methyl sites for hydroxylation is 1. The Labute approximate surface area is 125 Å². The van der Waals surface area contributed by atoms with Gasteiger partial charge in [0.15, 0.2) is 0 Å². The number of hydrogen-bond donors (Lipinski definition) is 3. The summed E-state index contributed by atoms with van der Waals surface area (Å²) >= 11 is 1.41. The summed E-state index contributed by atoms with van der Waals surface area (Å²) in [7, 11) is 1.53. The molecule has 0 saturated heterocycles. The van der Waals surface area contributed by atoms with Crippen LogP contribution in [0.4, 0.5) is 4.79 Å². The Morgan fingerprint density at radius 1 is 1.43 bits per heavy atom. The predicted octanol–water partition coefficient (Wildman–Crippen LogP) is 0.911. The third-order valence-electron chi connectivity index (χ3n) is 2.82. The Bertz CT molecular complexity index is 531. The normalized spacial score (nSPS) is 11.7. The first-order valence-corrected chi connectivity index (χ1v) is 7.04. The highest BCUT2D eigenvalue weighted by molar-refractivity contribution is 7.09. The van der Waals surface area contributed by atoms with Gasteiger partial charge in [0, 0.05) is 18.3 Å². The van der Waals surface area contributed by atoms with Crippen molar-refractivity contribution < 1.29 is 24.6 Å². The maximum atomic E-state index is 11.9. The van der Waals surface area contributed by atoms with Gasteiger partial charge in [0.1, 0.15) is 6.04 Å². The molecule has 0 saturated carbocycles. The molecule has 0 unspecified atom stereocenters. The molecule has 1 aromatic heterocycles. The molecule has 1 rings (SSSR count). The van der Waals surface area contributed by atoms with Crippen molar-refractivity contribution in [3.8, 4) is 0 Å². The van der Waals surface area contributed by atoms with Gasteiger partial charge >= 0.3 is 18.0 Å². The smallest absolute Gasteiger partial charge is 0.326 e. The molecular formula is C12H17N3O5S. The quantitative estimate of drug-likeness (QED) is 0.688. The van der Waals surface area contributed by atoms with Crippen LogP contribution in [0.1, 0.15) is 23.4 Å². The number of thiazole rings is 1. The van der Waals surface area contributed by atoms with Gasteiger partial charge in [-0.3, -0.25) is 4.79 Å². The number of carbonyl (C=O) groups is 3. The predicted molar refractivity (Wildman–Crippen MR) is 75.1 cm³/mol. The second-order valence-corrected chi connectivity index (χ2v) is 5.43. The number of nitrogens with one attached hydrogen (secondary N) is 1. The van der Waals surface area contributed by atoms with Gasteiger partial charge < -0.3 is 20.4 Å². The number of nitrogens with zero attached hydrogens (tertiary/aromatic N) is 2. The molecule has 1 heterocycles. The average molecular weight is 315 g/mol. The molecule has 0 aliphatic carbocycles. The molecule has 0 aromatic carbocycles. The van der Waals surface area contributed by atoms with E-state index in [1.54, 1.807) is 5.51 Å². The van der Waals surface area contributed by atoms with Gasteiger partial charge in [-0.05, 0) is 13.3 Å². The van der Waals surface area contributed by atoms with Crippen LogP contribution in [0.5, 0.6) is 0 Å². The first-order valence-electron chi connectivity index (χ1n) is 6.16. The molecule has 0 bridgehead atoms. The summed E-state index contributed by atoms with van der Waals surface area (Å²) in [5.74, 6) is -2.36. The third kappa shape index (κ3) is 5.38. The van der Waals surface area contributed by atoms with Gasteiger partial charge in [0.2, 0.25) is 0 Å². The lowest BCUT2D eigenvalue weighted by molar-refractivity contribution is -0.140. The van der Waals surface area contributed by atoms with Gasteiger partial charge in [0.25, 0.3) is 0 Å². The average Bonchev–Trinajstić information content (AvgIpc) is 2.79. The summed E-state index contributed by atoms with van der Waals surface area (Å²) in [6, 6.07) is -1.79. The van der Waals surface area contributed by atoms with E-state index in [2.05, 4.69) is 10.3 Å². The summed E-state index contributed by atoms with van der Waals surface area (Å²) in [5.41, 5.74) is 2.49. The monoisotopic (exact) mass is 315 g/mol. The molecule has 0 fully saturated rings. The number of amides is 2. The minimum atomic E-state index is -1.26. The lowest BCUT2D eigenvalue weighted by atomic mass is 10.1. The number of rotatable bonds is 7. The number of hydrogen-bond acceptors (Lipinski definition) is 5. The number of carbonyl (C=O) groups excluding carboxylic acids is 1. The van der Waals surface area contributed by atoms with Crippen molar-refractivity contribution in [2.75, 3.05) is 7.05 Å². The minimum Gasteiger partial charge on any atom is -0.481 e. The molecule has 2 amide bonds. The van der Waals surface area contributed by atoms with E-state index in [0.717, 1.165) is 10.6 Å². The van der Waals surface area contributed by atoms with Crippen LogP contribution < -0.4 is 5.32 Å². The topological polar surface area (TPSA) is 120 Å². The molecule has 9 heteroatoms. The van der Waals surface area contributed by atoms with E-state index < -0.39 is 24.0 Å². The first-order chi connectivity index (χ1) is 9.81. The van der Waals surface area contributed by atoms with E-state index in [9.17, 15) is 14.4 Å².